The second kappa shape index (κ2) is 6.91. The summed E-state index contributed by atoms with van der Waals surface area (Å²) in [7, 11) is -2.12. The van der Waals surface area contributed by atoms with E-state index >= 15 is 0 Å². The summed E-state index contributed by atoms with van der Waals surface area (Å²) < 4.78 is 27.5. The Labute approximate surface area is 133 Å². The van der Waals surface area contributed by atoms with Crippen LogP contribution in [0.4, 0.5) is 0 Å². The third-order valence-corrected chi connectivity index (χ3v) is 5.40. The molecule has 0 saturated carbocycles. The quantitative estimate of drug-likeness (QED) is 0.827. The van der Waals surface area contributed by atoms with Gasteiger partial charge in [0.1, 0.15) is 9.96 Å². The Bertz CT molecular complexity index is 769. The molecule has 0 spiro atoms. The van der Waals surface area contributed by atoms with E-state index in [0.29, 0.717) is 5.75 Å². The fraction of sp³-hybridized carbons (Fsp3) is 0.214. The molecule has 0 radical (unpaired) electrons. The van der Waals surface area contributed by atoms with Crippen molar-refractivity contribution >= 4 is 27.3 Å². The second-order valence-corrected chi connectivity index (χ2v) is 7.53. The van der Waals surface area contributed by atoms with Gasteiger partial charge in [0.25, 0.3) is 0 Å². The Kier molecular flexibility index (Phi) is 5.17. The van der Waals surface area contributed by atoms with E-state index in [1.54, 1.807) is 19.2 Å². The number of thiophene rings is 1. The molecule has 1 aromatic heterocycles. The van der Waals surface area contributed by atoms with E-state index in [2.05, 4.69) is 5.32 Å². The molecule has 22 heavy (non-hydrogen) atoms. The summed E-state index contributed by atoms with van der Waals surface area (Å²) in [5.74, 6) is 0.542. The number of primary sulfonamides is 1. The topological polar surface area (TPSA) is 98.5 Å². The van der Waals surface area contributed by atoms with Crippen LogP contribution in [0.25, 0.3) is 0 Å². The summed E-state index contributed by atoms with van der Waals surface area (Å²) in [6.45, 7) is 0.267. The number of nitrogens with one attached hydrogen (secondary N) is 1. The fourth-order valence-electron chi connectivity index (χ4n) is 1.82. The van der Waals surface area contributed by atoms with Gasteiger partial charge in [-0.3, -0.25) is 4.79 Å². The highest BCUT2D eigenvalue weighted by Crippen LogP contribution is 2.20. The summed E-state index contributed by atoms with van der Waals surface area (Å²) in [4.78, 5) is 12.6. The number of benzene rings is 1. The molecule has 8 heteroatoms. The number of hydrogen-bond acceptors (Lipinski definition) is 5. The maximum atomic E-state index is 11.9. The highest BCUT2D eigenvalue weighted by atomic mass is 32.2. The van der Waals surface area contributed by atoms with Gasteiger partial charge in [0.05, 0.1) is 20.1 Å². The largest absolute Gasteiger partial charge is 0.497 e. The van der Waals surface area contributed by atoms with Crippen molar-refractivity contribution < 1.29 is 17.9 Å². The summed E-state index contributed by atoms with van der Waals surface area (Å²) in [5.41, 5.74) is 0.841. The molecule has 2 rings (SSSR count). The van der Waals surface area contributed by atoms with Crippen LogP contribution in [0.15, 0.2) is 40.6 Å². The SMILES string of the molecule is COc1cccc(CC(=O)NCc2ccc(S(N)(=O)=O)s2)c1. The molecule has 0 bridgehead atoms. The molecule has 0 unspecified atom stereocenters. The Morgan fingerprint density at radius 2 is 2.09 bits per heavy atom. The van der Waals surface area contributed by atoms with Crippen LogP contribution in [-0.4, -0.2) is 21.4 Å². The molecule has 3 N–H and O–H groups in total. The van der Waals surface area contributed by atoms with Gasteiger partial charge in [-0.2, -0.15) is 0 Å². The highest BCUT2D eigenvalue weighted by molar-refractivity contribution is 7.91. The number of carbonyl (C=O) groups is 1. The Hall–Kier alpha value is -1.90. The van der Waals surface area contributed by atoms with Crippen molar-refractivity contribution in [1.29, 1.82) is 0 Å². The minimum Gasteiger partial charge on any atom is -0.497 e. The Morgan fingerprint density at radius 1 is 1.32 bits per heavy atom. The van der Waals surface area contributed by atoms with Crippen molar-refractivity contribution in [1.82, 2.24) is 5.32 Å². The summed E-state index contributed by atoms with van der Waals surface area (Å²) in [6, 6.07) is 10.3. The first kappa shape index (κ1) is 16.5. The summed E-state index contributed by atoms with van der Waals surface area (Å²) in [5, 5.41) is 7.78. The van der Waals surface area contributed by atoms with Crippen molar-refractivity contribution in [3.05, 3.63) is 46.8 Å². The van der Waals surface area contributed by atoms with Crippen LogP contribution in [0, 0.1) is 0 Å². The smallest absolute Gasteiger partial charge is 0.247 e. The fourth-order valence-corrected chi connectivity index (χ4v) is 3.54. The monoisotopic (exact) mass is 340 g/mol. The first-order chi connectivity index (χ1) is 10.4. The minimum atomic E-state index is -3.68. The molecule has 0 fully saturated rings. The summed E-state index contributed by atoms with van der Waals surface area (Å²) >= 11 is 1.05. The average Bonchev–Trinajstić information content (AvgIpc) is 2.94. The third-order valence-electron chi connectivity index (χ3n) is 2.88. The molecule has 0 aliphatic heterocycles. The molecule has 0 aliphatic carbocycles. The minimum absolute atomic E-state index is 0.0875. The lowest BCUT2D eigenvalue weighted by Crippen LogP contribution is -2.24. The average molecular weight is 340 g/mol. The number of amides is 1. The van der Waals surface area contributed by atoms with Crippen LogP contribution in [0.3, 0.4) is 0 Å². The molecular formula is C14H16N2O4S2. The van der Waals surface area contributed by atoms with Crippen LogP contribution in [0.5, 0.6) is 5.75 Å². The first-order valence-corrected chi connectivity index (χ1v) is 8.76. The first-order valence-electron chi connectivity index (χ1n) is 6.39. The van der Waals surface area contributed by atoms with E-state index in [4.69, 9.17) is 9.88 Å². The maximum absolute atomic E-state index is 11.9. The van der Waals surface area contributed by atoms with E-state index in [0.717, 1.165) is 21.8 Å². The number of nitrogens with two attached hydrogens (primary N) is 1. The molecule has 1 amide bonds. The van der Waals surface area contributed by atoms with Crippen molar-refractivity contribution in [2.75, 3.05) is 7.11 Å². The van der Waals surface area contributed by atoms with Crippen molar-refractivity contribution in [3.63, 3.8) is 0 Å². The molecular weight excluding hydrogens is 324 g/mol. The molecule has 0 saturated heterocycles. The van der Waals surface area contributed by atoms with E-state index in [-0.39, 0.29) is 23.1 Å². The molecule has 1 heterocycles. The lowest BCUT2D eigenvalue weighted by atomic mass is 10.1. The van der Waals surface area contributed by atoms with Crippen LogP contribution >= 0.6 is 11.3 Å². The predicted octanol–water partition coefficient (Wildman–Crippen LogP) is 1.26. The third kappa shape index (κ3) is 4.55. The molecule has 0 atom stereocenters. The number of ether oxygens (including phenoxy) is 1. The predicted molar refractivity (Wildman–Crippen MR) is 84.2 cm³/mol. The molecule has 6 nitrogen and oxygen atoms in total. The van der Waals surface area contributed by atoms with Gasteiger partial charge in [-0.15, -0.1) is 11.3 Å². The number of hydrogen-bond donors (Lipinski definition) is 2. The van der Waals surface area contributed by atoms with Gasteiger partial charge in [-0.1, -0.05) is 12.1 Å². The van der Waals surface area contributed by atoms with E-state index in [9.17, 15) is 13.2 Å². The number of carbonyl (C=O) groups excluding carboxylic acids is 1. The van der Waals surface area contributed by atoms with E-state index in [1.165, 1.54) is 6.07 Å². The molecule has 118 valence electrons. The van der Waals surface area contributed by atoms with Gasteiger partial charge < -0.3 is 10.1 Å². The standard InChI is InChI=1S/C14H16N2O4S2/c1-20-11-4-2-3-10(7-11)8-13(17)16-9-12-5-6-14(21-12)22(15,18)19/h2-7H,8-9H2,1H3,(H,16,17)(H2,15,18,19). The maximum Gasteiger partial charge on any atom is 0.247 e. The highest BCUT2D eigenvalue weighted by Gasteiger charge is 2.11. The van der Waals surface area contributed by atoms with E-state index in [1.807, 2.05) is 18.2 Å². The molecule has 0 aliphatic rings. The van der Waals surface area contributed by atoms with Gasteiger partial charge in [0.2, 0.25) is 15.9 Å². The lowest BCUT2D eigenvalue weighted by Gasteiger charge is -2.05. The summed E-state index contributed by atoms with van der Waals surface area (Å²) in [6.07, 6.45) is 0.227. The Balaban J connectivity index is 1.91. The van der Waals surface area contributed by atoms with Crippen molar-refractivity contribution in [2.45, 2.75) is 17.2 Å². The number of methoxy groups -OCH3 is 1. The number of rotatable bonds is 6. The number of sulfonamides is 1. The van der Waals surface area contributed by atoms with E-state index < -0.39 is 10.0 Å². The zero-order valence-corrected chi connectivity index (χ0v) is 13.5. The Morgan fingerprint density at radius 3 is 2.73 bits per heavy atom. The zero-order valence-electron chi connectivity index (χ0n) is 11.9. The van der Waals surface area contributed by atoms with Gasteiger partial charge in [0, 0.05) is 4.88 Å². The normalized spacial score (nSPS) is 11.2. The van der Waals surface area contributed by atoms with Crippen molar-refractivity contribution in [2.24, 2.45) is 5.14 Å². The van der Waals surface area contributed by atoms with Crippen LogP contribution in [-0.2, 0) is 27.8 Å². The van der Waals surface area contributed by atoms with Gasteiger partial charge in [-0.05, 0) is 29.8 Å². The van der Waals surface area contributed by atoms with Gasteiger partial charge >= 0.3 is 0 Å². The van der Waals surface area contributed by atoms with Crippen molar-refractivity contribution in [3.8, 4) is 5.75 Å². The van der Waals surface area contributed by atoms with Crippen LogP contribution < -0.4 is 15.2 Å². The zero-order chi connectivity index (χ0) is 16.2. The van der Waals surface area contributed by atoms with Crippen LogP contribution in [0.1, 0.15) is 10.4 Å². The van der Waals surface area contributed by atoms with Gasteiger partial charge in [0.15, 0.2) is 0 Å². The molecule has 1 aromatic carbocycles. The van der Waals surface area contributed by atoms with Crippen LogP contribution in [0.2, 0.25) is 0 Å². The second-order valence-electron chi connectivity index (χ2n) is 4.57. The lowest BCUT2D eigenvalue weighted by molar-refractivity contribution is -0.120. The molecule has 2 aromatic rings. The van der Waals surface area contributed by atoms with Gasteiger partial charge in [-0.25, -0.2) is 13.6 Å².